The van der Waals surface area contributed by atoms with Crippen molar-refractivity contribution in [1.29, 1.82) is 0 Å². The molecule has 5 aromatic rings. The molecule has 0 saturated carbocycles. The van der Waals surface area contributed by atoms with Crippen molar-refractivity contribution in [1.82, 2.24) is 10.6 Å². The number of carbonyl (C=O) groups excluding carboxylic acids is 3. The first-order chi connectivity index (χ1) is 31.1. The lowest BCUT2D eigenvalue weighted by Gasteiger charge is -2.17. The molecule has 330 valence electrons. The number of amides is 3. The molecule has 0 aromatic heterocycles. The van der Waals surface area contributed by atoms with Crippen LogP contribution >= 0.6 is 46.4 Å². The van der Waals surface area contributed by atoms with Gasteiger partial charge in [-0.15, -0.1) is 0 Å². The fraction of sp³-hybridized carbons (Fsp3) is 0.106. The van der Waals surface area contributed by atoms with E-state index in [9.17, 15) is 44.1 Å². The molecule has 1 atom stereocenters. The first kappa shape index (κ1) is 45.9. The molecule has 1 heterocycles. The average molecular weight is 958 g/mol. The highest BCUT2D eigenvalue weighted by Crippen LogP contribution is 2.42. The second-order valence-corrected chi connectivity index (χ2v) is 16.0. The van der Waals surface area contributed by atoms with Crippen LogP contribution in [-0.2, 0) is 11.2 Å². The third-order valence-corrected chi connectivity index (χ3v) is 11.2. The highest BCUT2D eigenvalue weighted by atomic mass is 35.5. The number of carboxylic acid groups (broad SMARTS) is 2. The third kappa shape index (κ3) is 10.5. The minimum absolute atomic E-state index is 0.0644. The van der Waals surface area contributed by atoms with Crippen LogP contribution in [0.1, 0.15) is 53.4 Å². The van der Waals surface area contributed by atoms with E-state index >= 15 is 0 Å². The number of ether oxygens (including phenoxy) is 1. The zero-order chi connectivity index (χ0) is 46.5. The minimum Gasteiger partial charge on any atom is -0.508 e. The van der Waals surface area contributed by atoms with Crippen LogP contribution in [-0.4, -0.2) is 64.2 Å². The molecule has 0 spiro atoms. The van der Waals surface area contributed by atoms with Gasteiger partial charge in [0.1, 0.15) is 28.9 Å². The SMILES string of the molecule is O=C(NCCCOc1cc(Cl)c(C(=O)NC(Cc2ccc(NC(=O)c3c(Cl)cccc3Cl)cc2)C(=O)O)c(Cl)c1)c1ccc(-c2c3ccc(=O)cc-3oc3cc(O)ccc23)c(C(=O)O)c1. The fourth-order valence-electron chi connectivity index (χ4n) is 6.94. The summed E-state index contributed by atoms with van der Waals surface area (Å²) in [6, 6.07) is 24.9. The number of nitrogens with one attached hydrogen (secondary N) is 3. The van der Waals surface area contributed by atoms with Gasteiger partial charge in [-0.25, -0.2) is 9.59 Å². The van der Waals surface area contributed by atoms with Crippen LogP contribution in [0.25, 0.3) is 33.4 Å². The summed E-state index contributed by atoms with van der Waals surface area (Å²) in [5.41, 5.74) is 1.77. The molecule has 1 aliphatic heterocycles. The maximum atomic E-state index is 13.3. The van der Waals surface area contributed by atoms with Crippen molar-refractivity contribution in [3.63, 3.8) is 0 Å². The Hall–Kier alpha value is -7.10. The number of anilines is 1. The molecule has 0 radical (unpaired) electrons. The Balaban J connectivity index is 0.941. The van der Waals surface area contributed by atoms with Crippen LogP contribution in [0.2, 0.25) is 20.1 Å². The van der Waals surface area contributed by atoms with Crippen molar-refractivity contribution in [3.05, 3.63) is 167 Å². The van der Waals surface area contributed by atoms with Crippen molar-refractivity contribution in [2.24, 2.45) is 0 Å². The zero-order valence-corrected chi connectivity index (χ0v) is 36.4. The summed E-state index contributed by atoms with van der Waals surface area (Å²) >= 11 is 25.1. The van der Waals surface area contributed by atoms with Crippen molar-refractivity contribution in [2.75, 3.05) is 18.5 Å². The van der Waals surface area contributed by atoms with E-state index < -0.39 is 35.7 Å². The zero-order valence-electron chi connectivity index (χ0n) is 33.4. The van der Waals surface area contributed by atoms with Crippen molar-refractivity contribution >= 4 is 92.7 Å². The Morgan fingerprint density at radius 1 is 0.708 bits per heavy atom. The minimum atomic E-state index is -1.39. The molecule has 3 amide bonds. The number of aliphatic carboxylic acids is 1. The molecule has 65 heavy (non-hydrogen) atoms. The van der Waals surface area contributed by atoms with Gasteiger partial charge in [-0.2, -0.15) is 0 Å². The number of aromatic hydroxyl groups is 1. The lowest BCUT2D eigenvalue weighted by atomic mass is 9.90. The second kappa shape index (κ2) is 19.7. The lowest BCUT2D eigenvalue weighted by molar-refractivity contribution is -0.139. The van der Waals surface area contributed by atoms with Crippen molar-refractivity contribution in [2.45, 2.75) is 18.9 Å². The summed E-state index contributed by atoms with van der Waals surface area (Å²) in [4.78, 5) is 76.1. The summed E-state index contributed by atoms with van der Waals surface area (Å²) in [5.74, 6) is -4.28. The van der Waals surface area contributed by atoms with Gasteiger partial charge in [0.05, 0.1) is 43.4 Å². The molecule has 2 aliphatic rings. The smallest absolute Gasteiger partial charge is 0.336 e. The van der Waals surface area contributed by atoms with Gasteiger partial charge >= 0.3 is 11.9 Å². The summed E-state index contributed by atoms with van der Waals surface area (Å²) in [7, 11) is 0. The lowest BCUT2D eigenvalue weighted by Crippen LogP contribution is -2.42. The standard InChI is InChI=1S/C47H33Cl4N3O11/c48-33-3-1-4-34(49)41(33)44(58)53-25-8-5-23(6-9-25)17-37(47(62)63)54-45(59)42-35(50)21-28(22-36(42)51)64-16-2-15-52-43(57)24-7-12-29(32(18-24)46(60)61)40-30-13-10-26(55)19-38(30)65-39-20-27(56)11-14-31(39)40/h1,3-14,18-22,37,55H,2,15-17H2,(H,52,57)(H,53,58)(H,54,59)(H,60,61)(H,62,63). The van der Waals surface area contributed by atoms with E-state index in [1.807, 2.05) is 0 Å². The van der Waals surface area contributed by atoms with E-state index in [-0.39, 0.29) is 102 Å². The molecule has 0 fully saturated rings. The predicted octanol–water partition coefficient (Wildman–Crippen LogP) is 9.46. The quantitative estimate of drug-likeness (QED) is 0.0420. The summed E-state index contributed by atoms with van der Waals surface area (Å²) in [6.45, 7) is 0.182. The van der Waals surface area contributed by atoms with Crippen LogP contribution in [0.15, 0.2) is 118 Å². The number of benzene rings is 6. The number of aromatic carboxylic acids is 1. The van der Waals surface area contributed by atoms with E-state index in [1.54, 1.807) is 36.4 Å². The second-order valence-electron chi connectivity index (χ2n) is 14.4. The highest BCUT2D eigenvalue weighted by molar-refractivity contribution is 6.41. The molecule has 0 saturated heterocycles. The third-order valence-electron chi connectivity index (χ3n) is 10.0. The van der Waals surface area contributed by atoms with Crippen LogP contribution in [0.4, 0.5) is 5.69 Å². The molecule has 1 aliphatic carbocycles. The number of phenols is 1. The summed E-state index contributed by atoms with van der Waals surface area (Å²) in [5, 5.41) is 38.7. The van der Waals surface area contributed by atoms with Gasteiger partial charge in [0, 0.05) is 52.9 Å². The Labute approximate surface area is 388 Å². The molecule has 14 nitrogen and oxygen atoms in total. The topological polar surface area (TPSA) is 222 Å². The number of hydrogen-bond donors (Lipinski definition) is 6. The predicted molar refractivity (Wildman–Crippen MR) is 246 cm³/mol. The Morgan fingerprint density at radius 2 is 1.38 bits per heavy atom. The highest BCUT2D eigenvalue weighted by Gasteiger charge is 2.26. The Bertz CT molecular complexity index is 3020. The molecule has 1 unspecified atom stereocenters. The van der Waals surface area contributed by atoms with Crippen LogP contribution in [0.3, 0.4) is 0 Å². The molecular weight excluding hydrogens is 924 g/mol. The molecule has 18 heteroatoms. The van der Waals surface area contributed by atoms with Crippen LogP contribution < -0.4 is 26.1 Å². The van der Waals surface area contributed by atoms with Gasteiger partial charge < -0.3 is 40.4 Å². The number of halogens is 4. The normalized spacial score (nSPS) is 11.5. The van der Waals surface area contributed by atoms with E-state index in [1.165, 1.54) is 72.8 Å². The Morgan fingerprint density at radius 3 is 2.06 bits per heavy atom. The van der Waals surface area contributed by atoms with Crippen LogP contribution in [0.5, 0.6) is 11.5 Å². The first-order valence-electron chi connectivity index (χ1n) is 19.4. The fourth-order valence-corrected chi connectivity index (χ4v) is 8.15. The van der Waals surface area contributed by atoms with Gasteiger partial charge in [0.25, 0.3) is 17.7 Å². The average Bonchev–Trinajstić information content (AvgIpc) is 3.25. The number of carboxylic acids is 2. The molecule has 6 N–H and O–H groups in total. The van der Waals surface area contributed by atoms with Crippen molar-refractivity contribution < 1.29 is 48.4 Å². The number of phenolic OH excluding ortho intramolecular Hbond substituents is 1. The summed E-state index contributed by atoms with van der Waals surface area (Å²) < 4.78 is 11.6. The maximum absolute atomic E-state index is 13.3. The largest absolute Gasteiger partial charge is 0.508 e. The number of hydrogen-bond acceptors (Lipinski definition) is 9. The van der Waals surface area contributed by atoms with E-state index in [0.29, 0.717) is 27.8 Å². The van der Waals surface area contributed by atoms with Crippen molar-refractivity contribution in [3.8, 4) is 33.9 Å². The number of rotatable bonds is 15. The van der Waals surface area contributed by atoms with Gasteiger partial charge in [0.15, 0.2) is 5.43 Å². The molecule has 5 aromatic carbocycles. The van der Waals surface area contributed by atoms with E-state index in [4.69, 9.17) is 55.6 Å². The van der Waals surface area contributed by atoms with Gasteiger partial charge in [-0.1, -0.05) is 70.7 Å². The van der Waals surface area contributed by atoms with E-state index in [0.717, 1.165) is 0 Å². The number of carbonyl (C=O) groups is 5. The number of fused-ring (bicyclic) bond motifs is 2. The monoisotopic (exact) mass is 955 g/mol. The maximum Gasteiger partial charge on any atom is 0.336 e. The molecular formula is C47H33Cl4N3O11. The van der Waals surface area contributed by atoms with E-state index in [2.05, 4.69) is 16.0 Å². The first-order valence-corrected chi connectivity index (χ1v) is 20.9. The summed E-state index contributed by atoms with van der Waals surface area (Å²) in [6.07, 6.45) is 0.165. The van der Waals surface area contributed by atoms with Gasteiger partial charge in [0.2, 0.25) is 0 Å². The Kier molecular flexibility index (Phi) is 13.9. The molecule has 0 bridgehead atoms. The van der Waals surface area contributed by atoms with Gasteiger partial charge in [-0.05, 0) is 90.3 Å². The van der Waals surface area contributed by atoms with Crippen LogP contribution in [0, 0.1) is 0 Å². The van der Waals surface area contributed by atoms with Gasteiger partial charge in [-0.3, -0.25) is 19.2 Å². The molecule has 7 rings (SSSR count).